The number of nitrogens with zero attached hydrogens (tertiary/aromatic N) is 2. The largest absolute Gasteiger partial charge is 0.379 e. The first kappa shape index (κ1) is 23.7. The minimum Gasteiger partial charge on any atom is -0.379 e. The van der Waals surface area contributed by atoms with E-state index in [1.54, 1.807) is 12.1 Å². The van der Waals surface area contributed by atoms with E-state index in [0.29, 0.717) is 52.2 Å². The van der Waals surface area contributed by atoms with Crippen LogP contribution in [-0.2, 0) is 32.5 Å². The Morgan fingerprint density at radius 2 is 1.57 bits per heavy atom. The maximum Gasteiger partial charge on any atom is 0.243 e. The SMILES string of the molecule is O=C(CCc1ccc(S(=O)(=O)N2CCOCC2)cc1)N1Cc2ccccc2[C@H](c2ccccc2)C1. The molecule has 0 N–H and O–H groups in total. The molecule has 0 spiro atoms. The minimum atomic E-state index is -3.51. The van der Waals surface area contributed by atoms with E-state index in [-0.39, 0.29) is 16.7 Å². The maximum absolute atomic E-state index is 13.2. The number of rotatable bonds is 6. The molecule has 3 aromatic carbocycles. The van der Waals surface area contributed by atoms with Crippen molar-refractivity contribution in [1.29, 1.82) is 0 Å². The molecule has 0 aliphatic carbocycles. The first-order chi connectivity index (χ1) is 17.0. The topological polar surface area (TPSA) is 66.9 Å². The molecule has 3 aromatic rings. The molecule has 1 atom stereocenters. The molecule has 2 aliphatic heterocycles. The van der Waals surface area contributed by atoms with Crippen molar-refractivity contribution in [3.05, 3.63) is 101 Å². The molecule has 7 heteroatoms. The van der Waals surface area contributed by atoms with E-state index in [0.717, 1.165) is 5.56 Å². The number of ether oxygens (including phenoxy) is 1. The number of amides is 1. The Balaban J connectivity index is 1.25. The van der Waals surface area contributed by atoms with Gasteiger partial charge in [0.1, 0.15) is 0 Å². The number of morpholine rings is 1. The van der Waals surface area contributed by atoms with Gasteiger partial charge in [-0.2, -0.15) is 4.31 Å². The summed E-state index contributed by atoms with van der Waals surface area (Å²) < 4.78 is 32.4. The number of benzene rings is 3. The molecule has 0 bridgehead atoms. The van der Waals surface area contributed by atoms with Crippen LogP contribution in [0, 0.1) is 0 Å². The van der Waals surface area contributed by atoms with Crippen molar-refractivity contribution in [2.75, 3.05) is 32.8 Å². The molecule has 6 nitrogen and oxygen atoms in total. The lowest BCUT2D eigenvalue weighted by Crippen LogP contribution is -2.40. The summed E-state index contributed by atoms with van der Waals surface area (Å²) in [5.74, 6) is 0.278. The van der Waals surface area contributed by atoms with Gasteiger partial charge >= 0.3 is 0 Å². The highest BCUT2D eigenvalue weighted by atomic mass is 32.2. The summed E-state index contributed by atoms with van der Waals surface area (Å²) in [7, 11) is -3.51. The van der Waals surface area contributed by atoms with Gasteiger partial charge in [0.25, 0.3) is 0 Å². The van der Waals surface area contributed by atoms with Crippen LogP contribution >= 0.6 is 0 Å². The summed E-state index contributed by atoms with van der Waals surface area (Å²) in [6, 6.07) is 25.7. The first-order valence-electron chi connectivity index (χ1n) is 12.1. The quantitative estimate of drug-likeness (QED) is 0.527. The summed E-state index contributed by atoms with van der Waals surface area (Å²) in [4.78, 5) is 15.4. The second-order valence-electron chi connectivity index (χ2n) is 9.10. The molecule has 35 heavy (non-hydrogen) atoms. The zero-order valence-corrected chi connectivity index (χ0v) is 20.5. The van der Waals surface area contributed by atoms with Gasteiger partial charge in [-0.1, -0.05) is 66.7 Å². The van der Waals surface area contributed by atoms with E-state index in [2.05, 4.69) is 30.3 Å². The highest BCUT2D eigenvalue weighted by Crippen LogP contribution is 2.33. The number of hydrogen-bond donors (Lipinski definition) is 0. The van der Waals surface area contributed by atoms with Crippen LogP contribution in [0.1, 0.15) is 34.6 Å². The van der Waals surface area contributed by atoms with E-state index < -0.39 is 10.0 Å². The molecule has 182 valence electrons. The first-order valence-corrected chi connectivity index (χ1v) is 13.5. The number of carbonyl (C=O) groups excluding carboxylic acids is 1. The van der Waals surface area contributed by atoms with Crippen LogP contribution in [0.5, 0.6) is 0 Å². The Kier molecular flexibility index (Phi) is 7.00. The molecule has 5 rings (SSSR count). The Hall–Kier alpha value is -3.00. The second kappa shape index (κ2) is 10.3. The lowest BCUT2D eigenvalue weighted by molar-refractivity contribution is -0.132. The lowest BCUT2D eigenvalue weighted by Gasteiger charge is -2.35. The van der Waals surface area contributed by atoms with E-state index in [1.807, 2.05) is 41.3 Å². The molecule has 2 aliphatic rings. The smallest absolute Gasteiger partial charge is 0.243 e. The van der Waals surface area contributed by atoms with E-state index in [9.17, 15) is 13.2 Å². The third-order valence-electron chi connectivity index (χ3n) is 6.91. The molecular formula is C28H30N2O4S. The number of aryl methyl sites for hydroxylation is 1. The zero-order chi connectivity index (χ0) is 24.3. The molecule has 1 amide bonds. The number of hydrogen-bond acceptors (Lipinski definition) is 4. The Morgan fingerprint density at radius 3 is 2.31 bits per heavy atom. The zero-order valence-electron chi connectivity index (χ0n) is 19.7. The van der Waals surface area contributed by atoms with Gasteiger partial charge in [-0.05, 0) is 40.8 Å². The van der Waals surface area contributed by atoms with Gasteiger partial charge in [-0.3, -0.25) is 4.79 Å². The summed E-state index contributed by atoms with van der Waals surface area (Å²) in [6.07, 6.45) is 0.962. The van der Waals surface area contributed by atoms with Gasteiger partial charge < -0.3 is 9.64 Å². The highest BCUT2D eigenvalue weighted by molar-refractivity contribution is 7.89. The summed E-state index contributed by atoms with van der Waals surface area (Å²) in [5, 5.41) is 0. The van der Waals surface area contributed by atoms with Crippen LogP contribution in [0.15, 0.2) is 83.8 Å². The number of sulfonamides is 1. The molecule has 1 fully saturated rings. The van der Waals surface area contributed by atoms with Gasteiger partial charge in [0.15, 0.2) is 0 Å². The van der Waals surface area contributed by atoms with Gasteiger partial charge in [0.2, 0.25) is 15.9 Å². The maximum atomic E-state index is 13.2. The second-order valence-corrected chi connectivity index (χ2v) is 11.0. The Labute approximate surface area is 207 Å². The van der Waals surface area contributed by atoms with Crippen LogP contribution in [0.2, 0.25) is 0 Å². The normalized spacial score (nSPS) is 18.7. The van der Waals surface area contributed by atoms with E-state index in [4.69, 9.17) is 4.74 Å². The van der Waals surface area contributed by atoms with Crippen molar-refractivity contribution in [2.24, 2.45) is 0 Å². The molecule has 2 heterocycles. The van der Waals surface area contributed by atoms with Crippen molar-refractivity contribution in [3.8, 4) is 0 Å². The van der Waals surface area contributed by atoms with Crippen molar-refractivity contribution >= 4 is 15.9 Å². The Bertz CT molecular complexity index is 1270. The molecule has 0 unspecified atom stereocenters. The minimum absolute atomic E-state index is 0.116. The predicted molar refractivity (Wildman–Crippen MR) is 134 cm³/mol. The third-order valence-corrected chi connectivity index (χ3v) is 8.82. The highest BCUT2D eigenvalue weighted by Gasteiger charge is 2.29. The predicted octanol–water partition coefficient (Wildman–Crippen LogP) is 3.81. The van der Waals surface area contributed by atoms with Crippen LogP contribution in [0.25, 0.3) is 0 Å². The van der Waals surface area contributed by atoms with Gasteiger partial charge in [-0.15, -0.1) is 0 Å². The molecule has 0 saturated carbocycles. The Morgan fingerprint density at radius 1 is 0.886 bits per heavy atom. The van der Waals surface area contributed by atoms with Crippen LogP contribution < -0.4 is 0 Å². The van der Waals surface area contributed by atoms with Crippen molar-refractivity contribution in [3.63, 3.8) is 0 Å². The van der Waals surface area contributed by atoms with Crippen molar-refractivity contribution in [2.45, 2.75) is 30.2 Å². The fraction of sp³-hybridized carbons (Fsp3) is 0.321. The molecule has 0 radical (unpaired) electrons. The molecule has 0 aromatic heterocycles. The summed E-state index contributed by atoms with van der Waals surface area (Å²) in [5.41, 5.74) is 4.66. The average Bonchev–Trinajstić information content (AvgIpc) is 2.92. The fourth-order valence-electron chi connectivity index (χ4n) is 4.94. The average molecular weight is 491 g/mol. The fourth-order valence-corrected chi connectivity index (χ4v) is 6.35. The van der Waals surface area contributed by atoms with Gasteiger partial charge in [0, 0.05) is 38.5 Å². The standard InChI is InChI=1S/C28H30N2O4S/c31-28(15-12-22-10-13-25(14-11-22)35(32,33)30-16-18-34-19-17-30)29-20-24-8-4-5-9-26(24)27(21-29)23-6-2-1-3-7-23/h1-11,13-14,27H,12,15-21H2/t27-/m0/s1. The van der Waals surface area contributed by atoms with E-state index in [1.165, 1.54) is 21.0 Å². The molecule has 1 saturated heterocycles. The van der Waals surface area contributed by atoms with Crippen LogP contribution in [-0.4, -0.2) is 56.4 Å². The van der Waals surface area contributed by atoms with Gasteiger partial charge in [0.05, 0.1) is 18.1 Å². The monoisotopic (exact) mass is 490 g/mol. The van der Waals surface area contributed by atoms with Gasteiger partial charge in [-0.25, -0.2) is 8.42 Å². The van der Waals surface area contributed by atoms with Crippen LogP contribution in [0.3, 0.4) is 0 Å². The summed E-state index contributed by atoms with van der Waals surface area (Å²) in [6.45, 7) is 2.88. The third kappa shape index (κ3) is 5.17. The van der Waals surface area contributed by atoms with Crippen LogP contribution in [0.4, 0.5) is 0 Å². The van der Waals surface area contributed by atoms with Crippen molar-refractivity contribution in [1.82, 2.24) is 9.21 Å². The summed E-state index contributed by atoms with van der Waals surface area (Å²) >= 11 is 0. The number of carbonyl (C=O) groups is 1. The van der Waals surface area contributed by atoms with Crippen molar-refractivity contribution < 1.29 is 17.9 Å². The molecular weight excluding hydrogens is 460 g/mol. The number of fused-ring (bicyclic) bond motifs is 1. The van der Waals surface area contributed by atoms with E-state index >= 15 is 0 Å². The lowest BCUT2D eigenvalue weighted by atomic mass is 9.84.